The summed E-state index contributed by atoms with van der Waals surface area (Å²) in [5, 5.41) is -0.984. The molecule has 2 aromatic rings. The minimum Gasteiger partial charge on any atom is -0.287 e. The first-order valence-electron chi connectivity index (χ1n) is 7.59. The predicted molar refractivity (Wildman–Crippen MR) is 88.6 cm³/mol. The first-order valence-corrected chi connectivity index (χ1v) is 10.6. The lowest BCUT2D eigenvalue weighted by Crippen LogP contribution is -2.53. The molecule has 0 aliphatic carbocycles. The van der Waals surface area contributed by atoms with E-state index < -0.39 is 58.9 Å². The number of pyridine rings is 2. The fourth-order valence-electron chi connectivity index (χ4n) is 2.27. The average molecular weight is 370 g/mol. The highest BCUT2D eigenvalue weighted by Crippen LogP contribution is 2.37. The van der Waals surface area contributed by atoms with Crippen LogP contribution in [0.3, 0.4) is 0 Å². The maximum absolute atomic E-state index is 15.0. The van der Waals surface area contributed by atoms with Crippen molar-refractivity contribution in [1.82, 2.24) is 9.97 Å². The van der Waals surface area contributed by atoms with Gasteiger partial charge in [0, 0.05) is 11.4 Å². The average Bonchev–Trinajstić information content (AvgIpc) is 2.49. The molecule has 0 saturated carbocycles. The van der Waals surface area contributed by atoms with E-state index in [2.05, 4.69) is 9.97 Å². The third-order valence-electron chi connectivity index (χ3n) is 4.76. The molecular formula is C17H18F4N2OSi. The van der Waals surface area contributed by atoms with Crippen molar-refractivity contribution >= 4 is 19.0 Å². The lowest BCUT2D eigenvalue weighted by atomic mass is 10.1. The van der Waals surface area contributed by atoms with Crippen LogP contribution >= 0.6 is 0 Å². The summed E-state index contributed by atoms with van der Waals surface area (Å²) >= 11 is 0. The van der Waals surface area contributed by atoms with Crippen LogP contribution in [0, 0.1) is 23.5 Å². The van der Waals surface area contributed by atoms with Crippen LogP contribution in [0.1, 0.15) is 36.8 Å². The molecule has 0 N–H and O–H groups in total. The number of aromatic nitrogens is 2. The van der Waals surface area contributed by atoms with Crippen LogP contribution in [0.5, 0.6) is 0 Å². The van der Waals surface area contributed by atoms with Crippen LogP contribution in [-0.4, -0.2) is 23.8 Å². The molecular weight excluding hydrogens is 352 g/mol. The smallest absolute Gasteiger partial charge is 0.249 e. The van der Waals surface area contributed by atoms with E-state index in [4.69, 9.17) is 0 Å². The monoisotopic (exact) mass is 370 g/mol. The van der Waals surface area contributed by atoms with Crippen molar-refractivity contribution in [1.29, 1.82) is 0 Å². The van der Waals surface area contributed by atoms with Crippen molar-refractivity contribution < 1.29 is 22.4 Å². The quantitative estimate of drug-likeness (QED) is 0.355. The van der Waals surface area contributed by atoms with E-state index in [1.807, 2.05) is 0 Å². The van der Waals surface area contributed by atoms with E-state index in [1.54, 1.807) is 33.9 Å². The summed E-state index contributed by atoms with van der Waals surface area (Å²) in [6, 6.07) is 2.36. The second-order valence-electron chi connectivity index (χ2n) is 7.30. The van der Waals surface area contributed by atoms with Crippen molar-refractivity contribution in [3.8, 4) is 0 Å². The van der Waals surface area contributed by atoms with Crippen LogP contribution in [0.2, 0.25) is 18.1 Å². The van der Waals surface area contributed by atoms with Crippen LogP contribution in [-0.2, 0) is 0 Å². The van der Waals surface area contributed by atoms with Crippen LogP contribution in [0.15, 0.2) is 18.3 Å². The molecule has 0 atom stereocenters. The van der Waals surface area contributed by atoms with Gasteiger partial charge >= 0.3 is 0 Å². The third kappa shape index (κ3) is 3.22. The van der Waals surface area contributed by atoms with Crippen LogP contribution in [0.4, 0.5) is 17.6 Å². The summed E-state index contributed by atoms with van der Waals surface area (Å²) in [6.45, 7) is 8.72. The number of hydrogen-bond acceptors (Lipinski definition) is 3. The lowest BCUT2D eigenvalue weighted by molar-refractivity contribution is 0.102. The van der Waals surface area contributed by atoms with Crippen molar-refractivity contribution in [2.45, 2.75) is 38.9 Å². The number of halogens is 4. The van der Waals surface area contributed by atoms with Gasteiger partial charge in [0.1, 0.15) is 0 Å². The number of hydrogen-bond donors (Lipinski definition) is 0. The molecule has 0 aromatic carbocycles. The summed E-state index contributed by atoms with van der Waals surface area (Å²) in [5.74, 6) is -6.52. The Morgan fingerprint density at radius 3 is 2.16 bits per heavy atom. The van der Waals surface area contributed by atoms with E-state index >= 15 is 4.39 Å². The van der Waals surface area contributed by atoms with E-state index in [0.717, 1.165) is 12.3 Å². The normalized spacial score (nSPS) is 12.4. The van der Waals surface area contributed by atoms with Gasteiger partial charge in [-0.25, -0.2) is 18.7 Å². The maximum atomic E-state index is 15.0. The number of carbonyl (C=O) groups is 1. The molecule has 0 saturated heterocycles. The highest BCUT2D eigenvalue weighted by Gasteiger charge is 2.43. The zero-order valence-electron chi connectivity index (χ0n) is 14.5. The topological polar surface area (TPSA) is 42.9 Å². The molecule has 0 spiro atoms. The Labute approximate surface area is 144 Å². The Hall–Kier alpha value is -2.09. The van der Waals surface area contributed by atoms with E-state index in [1.165, 1.54) is 6.07 Å². The fourth-order valence-corrected chi connectivity index (χ4v) is 4.34. The minimum atomic E-state index is -2.88. The zero-order chi connectivity index (χ0) is 19.2. The van der Waals surface area contributed by atoms with Crippen molar-refractivity contribution in [3.63, 3.8) is 0 Å². The summed E-state index contributed by atoms with van der Waals surface area (Å²) in [4.78, 5) is 18.8. The number of carbonyl (C=O) groups excluding carboxylic acids is 1. The van der Waals surface area contributed by atoms with Crippen LogP contribution < -0.4 is 5.19 Å². The summed E-state index contributed by atoms with van der Waals surface area (Å²) in [5.41, 5.74) is -1.49. The Kier molecular flexibility index (Phi) is 4.87. The Morgan fingerprint density at radius 1 is 1.04 bits per heavy atom. The molecule has 134 valence electrons. The summed E-state index contributed by atoms with van der Waals surface area (Å²) in [6.07, 6.45) is 1.11. The minimum absolute atomic E-state index is 0.458. The Morgan fingerprint density at radius 2 is 1.64 bits per heavy atom. The number of nitrogens with zero attached hydrogens (tertiary/aromatic N) is 2. The Balaban J connectivity index is 2.76. The molecule has 0 aliphatic rings. The van der Waals surface area contributed by atoms with Crippen molar-refractivity contribution in [2.75, 3.05) is 0 Å². The second kappa shape index (κ2) is 6.33. The van der Waals surface area contributed by atoms with Gasteiger partial charge in [-0.15, -0.1) is 0 Å². The first-order chi connectivity index (χ1) is 11.4. The maximum Gasteiger partial charge on any atom is 0.249 e. The largest absolute Gasteiger partial charge is 0.287 e. The molecule has 0 fully saturated rings. The molecule has 2 aromatic heterocycles. The van der Waals surface area contributed by atoms with Gasteiger partial charge in [0.15, 0.2) is 17.3 Å². The molecule has 0 aliphatic heterocycles. The van der Waals surface area contributed by atoms with E-state index in [9.17, 15) is 18.0 Å². The summed E-state index contributed by atoms with van der Waals surface area (Å²) in [7, 11) is -2.88. The van der Waals surface area contributed by atoms with Gasteiger partial charge in [-0.05, 0) is 17.2 Å². The molecule has 0 bridgehead atoms. The third-order valence-corrected chi connectivity index (χ3v) is 10.2. The highest BCUT2D eigenvalue weighted by atomic mass is 28.3. The fraction of sp³-hybridized carbons (Fsp3) is 0.353. The van der Waals surface area contributed by atoms with E-state index in [-0.39, 0.29) is 0 Å². The van der Waals surface area contributed by atoms with Gasteiger partial charge in [0.2, 0.25) is 17.7 Å². The van der Waals surface area contributed by atoms with E-state index in [0.29, 0.717) is 0 Å². The first kappa shape index (κ1) is 19.2. The van der Waals surface area contributed by atoms with Gasteiger partial charge in [0.05, 0.1) is 13.6 Å². The van der Waals surface area contributed by atoms with Crippen molar-refractivity contribution in [3.05, 3.63) is 53.1 Å². The molecule has 25 heavy (non-hydrogen) atoms. The number of ketones is 1. The molecule has 2 rings (SSSR count). The molecule has 8 heteroatoms. The van der Waals surface area contributed by atoms with Gasteiger partial charge in [-0.1, -0.05) is 33.9 Å². The standard InChI is InChI=1S/C17H18F4N2OSi/c1-17(2,3)25(4,5)14-10(18)12(23-16(21)11(14)19)13(24)9-7-6-8-22-15(9)20/h6-8H,1-5H3. The number of rotatable bonds is 3. The molecule has 0 radical (unpaired) electrons. The van der Waals surface area contributed by atoms with Gasteiger partial charge in [0.25, 0.3) is 0 Å². The van der Waals surface area contributed by atoms with Crippen LogP contribution in [0.25, 0.3) is 0 Å². The molecule has 3 nitrogen and oxygen atoms in total. The predicted octanol–water partition coefficient (Wildman–Crippen LogP) is 3.98. The molecule has 0 unspecified atom stereocenters. The molecule has 0 amide bonds. The zero-order valence-corrected chi connectivity index (χ0v) is 15.5. The Bertz CT molecular complexity index is 847. The second-order valence-corrected chi connectivity index (χ2v) is 12.6. The van der Waals surface area contributed by atoms with Crippen molar-refractivity contribution in [2.24, 2.45) is 0 Å². The SMILES string of the molecule is CC(C)(C)[Si](C)(C)c1c(F)c(F)nc(C(=O)c2cccnc2F)c1F. The van der Waals surface area contributed by atoms with Gasteiger partial charge in [-0.3, -0.25) is 4.79 Å². The lowest BCUT2D eigenvalue weighted by Gasteiger charge is -2.37. The molecule has 2 heterocycles. The summed E-state index contributed by atoms with van der Waals surface area (Å²) < 4.78 is 57.1. The highest BCUT2D eigenvalue weighted by molar-refractivity contribution is 6.92. The van der Waals surface area contributed by atoms with Gasteiger partial charge in [-0.2, -0.15) is 8.78 Å². The van der Waals surface area contributed by atoms with Gasteiger partial charge < -0.3 is 0 Å².